The van der Waals surface area contributed by atoms with E-state index in [9.17, 15) is 4.79 Å². The van der Waals surface area contributed by atoms with E-state index in [4.69, 9.17) is 9.26 Å². The molecule has 1 aromatic carbocycles. The molecule has 0 aliphatic heterocycles. The Morgan fingerprint density at radius 3 is 2.57 bits per heavy atom. The number of aromatic nitrogens is 1. The number of carbonyl (C=O) groups excluding carboxylic acids is 1. The summed E-state index contributed by atoms with van der Waals surface area (Å²) < 4.78 is 10.7. The molecule has 0 radical (unpaired) electrons. The summed E-state index contributed by atoms with van der Waals surface area (Å²) in [6.07, 6.45) is 3.39. The van der Waals surface area contributed by atoms with Crippen molar-refractivity contribution >= 4 is 5.91 Å². The van der Waals surface area contributed by atoms with Crippen LogP contribution in [-0.4, -0.2) is 17.7 Å². The van der Waals surface area contributed by atoms with E-state index in [1.807, 2.05) is 26.0 Å². The zero-order valence-corrected chi connectivity index (χ0v) is 14.0. The van der Waals surface area contributed by atoms with Crippen LogP contribution < -0.4 is 10.1 Å². The quantitative estimate of drug-likeness (QED) is 0.753. The molecule has 124 valence electrons. The molecule has 0 fully saturated rings. The first-order valence-electron chi connectivity index (χ1n) is 8.04. The Morgan fingerprint density at radius 1 is 1.22 bits per heavy atom. The lowest BCUT2D eigenvalue weighted by atomic mass is 10.1. The van der Waals surface area contributed by atoms with Crippen molar-refractivity contribution in [1.29, 1.82) is 0 Å². The first-order chi connectivity index (χ1) is 11.1. The number of nitrogens with one attached hydrogen (secondary N) is 1. The van der Waals surface area contributed by atoms with Crippen LogP contribution in [0.3, 0.4) is 0 Å². The smallest absolute Gasteiger partial charge is 0.251 e. The van der Waals surface area contributed by atoms with Crippen molar-refractivity contribution in [3.63, 3.8) is 0 Å². The average Bonchev–Trinajstić information content (AvgIpc) is 2.88. The van der Waals surface area contributed by atoms with E-state index in [1.165, 1.54) is 12.8 Å². The van der Waals surface area contributed by atoms with Crippen molar-refractivity contribution in [1.82, 2.24) is 10.5 Å². The summed E-state index contributed by atoms with van der Waals surface area (Å²) >= 11 is 0. The van der Waals surface area contributed by atoms with E-state index in [-0.39, 0.29) is 5.91 Å². The van der Waals surface area contributed by atoms with Crippen molar-refractivity contribution in [2.24, 2.45) is 0 Å². The molecule has 0 spiro atoms. The maximum atomic E-state index is 12.2. The van der Waals surface area contributed by atoms with Crippen LogP contribution in [0.4, 0.5) is 0 Å². The van der Waals surface area contributed by atoms with Crippen LogP contribution in [0, 0.1) is 13.8 Å². The van der Waals surface area contributed by atoms with E-state index in [0.717, 1.165) is 29.2 Å². The van der Waals surface area contributed by atoms with E-state index in [1.54, 1.807) is 12.1 Å². The summed E-state index contributed by atoms with van der Waals surface area (Å²) in [6.45, 7) is 6.99. The highest BCUT2D eigenvalue weighted by molar-refractivity contribution is 5.94. The molecular weight excluding hydrogens is 292 g/mol. The molecule has 23 heavy (non-hydrogen) atoms. The van der Waals surface area contributed by atoms with Gasteiger partial charge in [0.1, 0.15) is 11.5 Å². The normalized spacial score (nSPS) is 10.6. The number of ether oxygens (including phenoxy) is 1. The van der Waals surface area contributed by atoms with Gasteiger partial charge >= 0.3 is 0 Å². The lowest BCUT2D eigenvalue weighted by Crippen LogP contribution is -2.23. The van der Waals surface area contributed by atoms with Gasteiger partial charge in [-0.1, -0.05) is 24.9 Å². The van der Waals surface area contributed by atoms with Gasteiger partial charge in [0, 0.05) is 17.7 Å². The minimum Gasteiger partial charge on any atom is -0.494 e. The minimum absolute atomic E-state index is 0.123. The second-order valence-electron chi connectivity index (χ2n) is 5.57. The van der Waals surface area contributed by atoms with Gasteiger partial charge in [0.15, 0.2) is 0 Å². The van der Waals surface area contributed by atoms with Crippen LogP contribution in [0.25, 0.3) is 0 Å². The second-order valence-corrected chi connectivity index (χ2v) is 5.57. The van der Waals surface area contributed by atoms with Crippen LogP contribution in [-0.2, 0) is 6.54 Å². The molecule has 2 aromatic rings. The van der Waals surface area contributed by atoms with Crippen molar-refractivity contribution in [2.75, 3.05) is 6.61 Å². The van der Waals surface area contributed by atoms with E-state index < -0.39 is 0 Å². The Balaban J connectivity index is 1.85. The molecule has 0 bridgehead atoms. The van der Waals surface area contributed by atoms with Crippen molar-refractivity contribution in [2.45, 2.75) is 46.6 Å². The predicted octanol–water partition coefficient (Wildman–Crippen LogP) is 3.79. The fraction of sp³-hybridized carbons (Fsp3) is 0.444. The van der Waals surface area contributed by atoms with Gasteiger partial charge in [-0.2, -0.15) is 0 Å². The number of hydrogen-bond acceptors (Lipinski definition) is 4. The average molecular weight is 316 g/mol. The summed E-state index contributed by atoms with van der Waals surface area (Å²) in [7, 11) is 0. The summed E-state index contributed by atoms with van der Waals surface area (Å²) in [5.74, 6) is 1.41. The molecule has 5 heteroatoms. The number of rotatable bonds is 8. The third kappa shape index (κ3) is 4.84. The topological polar surface area (TPSA) is 64.4 Å². The first kappa shape index (κ1) is 17.1. The number of carbonyl (C=O) groups is 1. The van der Waals surface area contributed by atoms with Gasteiger partial charge < -0.3 is 14.6 Å². The van der Waals surface area contributed by atoms with Gasteiger partial charge in [0.25, 0.3) is 5.91 Å². The molecule has 1 N–H and O–H groups in total. The van der Waals surface area contributed by atoms with Crippen LogP contribution in [0.1, 0.15) is 53.6 Å². The number of amides is 1. The molecule has 0 unspecified atom stereocenters. The third-order valence-corrected chi connectivity index (χ3v) is 3.74. The summed E-state index contributed by atoms with van der Waals surface area (Å²) in [5, 5.41) is 6.76. The summed E-state index contributed by atoms with van der Waals surface area (Å²) in [6, 6.07) is 7.21. The fourth-order valence-corrected chi connectivity index (χ4v) is 2.27. The molecule has 1 heterocycles. The second kappa shape index (κ2) is 8.36. The molecule has 0 aliphatic carbocycles. The molecule has 2 rings (SSSR count). The Bertz CT molecular complexity index is 613. The van der Waals surface area contributed by atoms with Gasteiger partial charge in [0.2, 0.25) is 0 Å². The van der Waals surface area contributed by atoms with Crippen LogP contribution in [0.15, 0.2) is 28.8 Å². The number of unbranched alkanes of at least 4 members (excludes halogenated alkanes) is 2. The highest BCUT2D eigenvalue weighted by atomic mass is 16.5. The maximum Gasteiger partial charge on any atom is 0.251 e. The van der Waals surface area contributed by atoms with Crippen LogP contribution in [0.5, 0.6) is 5.75 Å². The standard InChI is InChI=1S/C18H24N2O3/c1-4-5-6-11-22-16-9-7-15(8-10-16)18(21)19-12-17-13(2)20-23-14(17)3/h7-10H,4-6,11-12H2,1-3H3,(H,19,21). The SMILES string of the molecule is CCCCCOc1ccc(C(=O)NCc2c(C)noc2C)cc1. The van der Waals surface area contributed by atoms with Gasteiger partial charge in [-0.05, 0) is 44.5 Å². The van der Waals surface area contributed by atoms with Gasteiger partial charge in [-0.25, -0.2) is 0 Å². The molecule has 0 atom stereocenters. The molecule has 1 amide bonds. The molecule has 0 saturated carbocycles. The molecule has 0 aliphatic rings. The zero-order valence-electron chi connectivity index (χ0n) is 14.0. The van der Waals surface area contributed by atoms with Crippen molar-refractivity contribution in [3.8, 4) is 5.75 Å². The van der Waals surface area contributed by atoms with Gasteiger partial charge in [0.05, 0.1) is 12.3 Å². The predicted molar refractivity (Wildman–Crippen MR) is 88.6 cm³/mol. The molecule has 0 saturated heterocycles. The van der Waals surface area contributed by atoms with E-state index in [2.05, 4.69) is 17.4 Å². The zero-order chi connectivity index (χ0) is 16.7. The van der Waals surface area contributed by atoms with Crippen molar-refractivity contribution < 1.29 is 14.1 Å². The first-order valence-corrected chi connectivity index (χ1v) is 8.04. The van der Waals surface area contributed by atoms with Crippen molar-refractivity contribution in [3.05, 3.63) is 46.8 Å². The summed E-state index contributed by atoms with van der Waals surface area (Å²) in [5.41, 5.74) is 2.34. The number of hydrogen-bond donors (Lipinski definition) is 1. The Morgan fingerprint density at radius 2 is 1.96 bits per heavy atom. The monoisotopic (exact) mass is 316 g/mol. The minimum atomic E-state index is -0.123. The van der Waals surface area contributed by atoms with Gasteiger partial charge in [-0.3, -0.25) is 4.79 Å². The van der Waals surface area contributed by atoms with Gasteiger partial charge in [-0.15, -0.1) is 0 Å². The Kier molecular flexibility index (Phi) is 6.20. The van der Waals surface area contributed by atoms with Crippen LogP contribution in [0.2, 0.25) is 0 Å². The van der Waals surface area contributed by atoms with E-state index in [0.29, 0.717) is 18.7 Å². The third-order valence-electron chi connectivity index (χ3n) is 3.74. The van der Waals surface area contributed by atoms with E-state index >= 15 is 0 Å². The number of nitrogens with zero attached hydrogens (tertiary/aromatic N) is 1. The number of benzene rings is 1. The highest BCUT2D eigenvalue weighted by Crippen LogP contribution is 2.14. The largest absolute Gasteiger partial charge is 0.494 e. The highest BCUT2D eigenvalue weighted by Gasteiger charge is 2.11. The fourth-order valence-electron chi connectivity index (χ4n) is 2.27. The lowest BCUT2D eigenvalue weighted by Gasteiger charge is -2.08. The molecule has 1 aromatic heterocycles. The maximum absolute atomic E-state index is 12.2. The summed E-state index contributed by atoms with van der Waals surface area (Å²) in [4.78, 5) is 12.2. The number of aryl methyl sites for hydroxylation is 2. The lowest BCUT2D eigenvalue weighted by molar-refractivity contribution is 0.0951. The molecular formula is C18H24N2O3. The van der Waals surface area contributed by atoms with Crippen LogP contribution >= 0.6 is 0 Å². The molecule has 5 nitrogen and oxygen atoms in total. The Labute approximate surface area is 137 Å². The Hall–Kier alpha value is -2.30.